The highest BCUT2D eigenvalue weighted by atomic mass is 16.6. The van der Waals surface area contributed by atoms with Gasteiger partial charge in [-0.05, 0) is 37.1 Å². The maximum absolute atomic E-state index is 14.5. The minimum absolute atomic E-state index is 0.180. The van der Waals surface area contributed by atoms with Crippen molar-refractivity contribution in [1.29, 1.82) is 0 Å². The van der Waals surface area contributed by atoms with Gasteiger partial charge in [-0.1, -0.05) is 25.1 Å². The molecule has 2 fully saturated rings. The van der Waals surface area contributed by atoms with Crippen molar-refractivity contribution in [1.82, 2.24) is 9.80 Å². The van der Waals surface area contributed by atoms with Crippen LogP contribution in [0, 0.1) is 0 Å². The predicted octanol–water partition coefficient (Wildman–Crippen LogP) is 2.51. The number of carbonyl (C=O) groups excluding carboxylic acids is 3. The fourth-order valence-electron chi connectivity index (χ4n) is 6.22. The average Bonchev–Trinajstić information content (AvgIpc) is 3.36. The number of aliphatic hydroxyl groups is 1. The lowest BCUT2D eigenvalue weighted by atomic mass is 9.81. The van der Waals surface area contributed by atoms with Crippen LogP contribution in [0.5, 0.6) is 11.5 Å². The quantitative estimate of drug-likeness (QED) is 0.320. The third kappa shape index (κ3) is 4.05. The van der Waals surface area contributed by atoms with E-state index in [1.807, 2.05) is 19.1 Å². The molecule has 2 aromatic rings. The molecule has 0 saturated carbocycles. The number of ether oxygens (including phenoxy) is 3. The van der Waals surface area contributed by atoms with Gasteiger partial charge < -0.3 is 29.1 Å². The number of carbonyl (C=O) groups is 3. The number of nitrogens with zero attached hydrogens (tertiary/aromatic N) is 3. The van der Waals surface area contributed by atoms with Crippen LogP contribution in [0.15, 0.2) is 48.0 Å². The highest BCUT2D eigenvalue weighted by Gasteiger charge is 2.66. The molecular formula is C30H33N3O7. The van der Waals surface area contributed by atoms with Gasteiger partial charge in [-0.3, -0.25) is 19.3 Å². The maximum atomic E-state index is 14.5. The lowest BCUT2D eigenvalue weighted by molar-refractivity contribution is -0.143. The van der Waals surface area contributed by atoms with Gasteiger partial charge in [0.2, 0.25) is 0 Å². The van der Waals surface area contributed by atoms with Crippen LogP contribution >= 0.6 is 0 Å². The molecule has 0 radical (unpaired) electrons. The molecule has 210 valence electrons. The van der Waals surface area contributed by atoms with E-state index in [1.165, 1.54) is 4.90 Å². The van der Waals surface area contributed by atoms with Crippen molar-refractivity contribution in [2.45, 2.75) is 25.3 Å². The minimum Gasteiger partial charge on any atom is -0.507 e. The van der Waals surface area contributed by atoms with E-state index in [9.17, 15) is 19.5 Å². The third-order valence-corrected chi connectivity index (χ3v) is 8.03. The number of morpholine rings is 1. The highest BCUT2D eigenvalue weighted by Crippen LogP contribution is 2.54. The largest absolute Gasteiger partial charge is 0.507 e. The first-order chi connectivity index (χ1) is 19.5. The SMILES string of the molecule is CCCN1C(=O)[C@@]2(C(=C(O)c3ccc4c(c3)OCCO4)C(=O)C(=O)N2CCCN2CCOCC2)c2ccccc21. The normalized spacial score (nSPS) is 23.8. The van der Waals surface area contributed by atoms with Crippen molar-refractivity contribution in [3.8, 4) is 11.5 Å². The van der Waals surface area contributed by atoms with Crippen molar-refractivity contribution in [2.24, 2.45) is 0 Å². The number of hydrogen-bond donors (Lipinski definition) is 1. The Labute approximate surface area is 232 Å². The molecule has 2 saturated heterocycles. The van der Waals surface area contributed by atoms with Crippen LogP contribution in [-0.2, 0) is 24.7 Å². The molecule has 40 heavy (non-hydrogen) atoms. The number of ketones is 1. The third-order valence-electron chi connectivity index (χ3n) is 8.03. The Morgan fingerprint density at radius 3 is 2.45 bits per heavy atom. The first-order valence-corrected chi connectivity index (χ1v) is 13.9. The van der Waals surface area contributed by atoms with Gasteiger partial charge in [0.1, 0.15) is 19.0 Å². The van der Waals surface area contributed by atoms with E-state index < -0.39 is 28.9 Å². The van der Waals surface area contributed by atoms with Crippen LogP contribution in [0.4, 0.5) is 5.69 Å². The van der Waals surface area contributed by atoms with Crippen molar-refractivity contribution in [3.63, 3.8) is 0 Å². The monoisotopic (exact) mass is 547 g/mol. The molecule has 2 aromatic carbocycles. The average molecular weight is 548 g/mol. The van der Waals surface area contributed by atoms with E-state index in [1.54, 1.807) is 35.2 Å². The molecule has 1 atom stereocenters. The van der Waals surface area contributed by atoms with Crippen molar-refractivity contribution in [3.05, 3.63) is 59.2 Å². The summed E-state index contributed by atoms with van der Waals surface area (Å²) >= 11 is 0. The van der Waals surface area contributed by atoms with E-state index in [-0.39, 0.29) is 17.7 Å². The second-order valence-corrected chi connectivity index (χ2v) is 10.4. The lowest BCUT2D eigenvalue weighted by Crippen LogP contribution is -2.52. The zero-order valence-electron chi connectivity index (χ0n) is 22.6. The van der Waals surface area contributed by atoms with Crippen molar-refractivity contribution < 1.29 is 33.7 Å². The van der Waals surface area contributed by atoms with Crippen LogP contribution in [0.3, 0.4) is 0 Å². The molecule has 1 spiro atoms. The van der Waals surface area contributed by atoms with Gasteiger partial charge >= 0.3 is 0 Å². The molecule has 4 heterocycles. The summed E-state index contributed by atoms with van der Waals surface area (Å²) in [6.07, 6.45) is 1.24. The van der Waals surface area contributed by atoms with E-state index in [4.69, 9.17) is 14.2 Å². The lowest BCUT2D eigenvalue weighted by Gasteiger charge is -2.35. The van der Waals surface area contributed by atoms with Gasteiger partial charge in [-0.2, -0.15) is 0 Å². The van der Waals surface area contributed by atoms with Crippen molar-refractivity contribution >= 4 is 29.0 Å². The van der Waals surface area contributed by atoms with Gasteiger partial charge in [0.15, 0.2) is 17.0 Å². The van der Waals surface area contributed by atoms with Gasteiger partial charge in [0.05, 0.1) is 24.5 Å². The van der Waals surface area contributed by atoms with E-state index >= 15 is 0 Å². The number of Topliss-reactive ketones (excluding diaryl/α,β-unsaturated/α-hetero) is 1. The topological polar surface area (TPSA) is 109 Å². The molecule has 4 aliphatic rings. The number of rotatable bonds is 7. The molecule has 10 heteroatoms. The molecule has 2 amide bonds. The molecule has 1 N–H and O–H groups in total. The van der Waals surface area contributed by atoms with Crippen LogP contribution in [0.1, 0.15) is 30.9 Å². The number of aliphatic hydroxyl groups excluding tert-OH is 1. The second-order valence-electron chi connectivity index (χ2n) is 10.4. The smallest absolute Gasteiger partial charge is 0.296 e. The first-order valence-electron chi connectivity index (χ1n) is 13.9. The van der Waals surface area contributed by atoms with Crippen LogP contribution < -0.4 is 14.4 Å². The standard InChI is InChI=1S/C30H33N3O7/c1-2-10-32-22-7-4-3-6-21(22)30(29(32)37)25(26(34)20-8-9-23-24(19-20)40-18-17-39-23)27(35)28(36)33(30)12-5-11-31-13-15-38-16-14-31/h3-4,6-9,19,34H,2,5,10-18H2,1H3/t30-/m0/s1. The minimum atomic E-state index is -1.76. The number of amides is 2. The summed E-state index contributed by atoms with van der Waals surface area (Å²) in [5, 5.41) is 11.7. The molecule has 10 nitrogen and oxygen atoms in total. The fraction of sp³-hybridized carbons (Fsp3) is 0.433. The number of fused-ring (bicyclic) bond motifs is 3. The van der Waals surface area contributed by atoms with E-state index in [0.29, 0.717) is 75.1 Å². The summed E-state index contributed by atoms with van der Waals surface area (Å²) in [7, 11) is 0. The summed E-state index contributed by atoms with van der Waals surface area (Å²) < 4.78 is 16.7. The second kappa shape index (κ2) is 10.6. The molecule has 0 aromatic heterocycles. The zero-order chi connectivity index (χ0) is 27.9. The van der Waals surface area contributed by atoms with E-state index in [0.717, 1.165) is 13.1 Å². The van der Waals surface area contributed by atoms with Crippen molar-refractivity contribution in [2.75, 3.05) is 64.1 Å². The van der Waals surface area contributed by atoms with Crippen LogP contribution in [0.25, 0.3) is 5.76 Å². The first kappa shape index (κ1) is 26.3. The zero-order valence-corrected chi connectivity index (χ0v) is 22.6. The van der Waals surface area contributed by atoms with Gasteiger partial charge in [-0.25, -0.2) is 0 Å². The van der Waals surface area contributed by atoms with E-state index in [2.05, 4.69) is 4.90 Å². The van der Waals surface area contributed by atoms with Gasteiger partial charge in [0, 0.05) is 43.9 Å². The summed E-state index contributed by atoms with van der Waals surface area (Å²) in [6, 6.07) is 12.1. The number of anilines is 1. The Kier molecular flexibility index (Phi) is 6.97. The molecule has 0 aliphatic carbocycles. The number of hydrogen-bond acceptors (Lipinski definition) is 8. The molecule has 0 bridgehead atoms. The Hall–Kier alpha value is -3.89. The van der Waals surface area contributed by atoms with Crippen LogP contribution in [-0.4, -0.2) is 91.7 Å². The molecular weight excluding hydrogens is 514 g/mol. The van der Waals surface area contributed by atoms with Gasteiger partial charge in [0.25, 0.3) is 17.6 Å². The van der Waals surface area contributed by atoms with Crippen LogP contribution in [0.2, 0.25) is 0 Å². The molecule has 4 aliphatic heterocycles. The Bertz CT molecular complexity index is 1380. The summed E-state index contributed by atoms with van der Waals surface area (Å²) in [6.45, 7) is 6.91. The number of benzene rings is 2. The molecule has 0 unspecified atom stereocenters. The number of para-hydroxylation sites is 1. The predicted molar refractivity (Wildman–Crippen MR) is 146 cm³/mol. The molecule has 6 rings (SSSR count). The maximum Gasteiger partial charge on any atom is 0.296 e. The Morgan fingerprint density at radius 1 is 0.925 bits per heavy atom. The summed E-state index contributed by atoms with van der Waals surface area (Å²) in [5.41, 5.74) is -0.533. The number of likely N-dealkylation sites (tertiary alicyclic amines) is 1. The summed E-state index contributed by atoms with van der Waals surface area (Å²) in [4.78, 5) is 47.3. The highest BCUT2D eigenvalue weighted by molar-refractivity contribution is 6.50. The summed E-state index contributed by atoms with van der Waals surface area (Å²) in [5.74, 6) is -1.53. The Balaban J connectivity index is 1.48. The van der Waals surface area contributed by atoms with Gasteiger partial charge in [-0.15, -0.1) is 0 Å². The Morgan fingerprint density at radius 2 is 1.68 bits per heavy atom. The fourth-order valence-corrected chi connectivity index (χ4v) is 6.22.